The van der Waals surface area contributed by atoms with Crippen LogP contribution in [0.25, 0.3) is 11.1 Å². The lowest BCUT2D eigenvalue weighted by Gasteiger charge is -2.25. The lowest BCUT2D eigenvalue weighted by atomic mass is 10.0. The Bertz CT molecular complexity index is 980. The summed E-state index contributed by atoms with van der Waals surface area (Å²) in [5, 5.41) is 11.5. The molecule has 1 atom stereocenters. The maximum atomic E-state index is 12.7. The van der Waals surface area contributed by atoms with Crippen molar-refractivity contribution >= 4 is 17.6 Å². The Hall–Kier alpha value is -3.43. The lowest BCUT2D eigenvalue weighted by molar-refractivity contribution is -0.135. The Balaban J connectivity index is 1.74. The average molecular weight is 404 g/mol. The number of likely N-dealkylation sites (N-methyl/N-ethyl adjacent to an activating group) is 2. The van der Waals surface area contributed by atoms with E-state index in [9.17, 15) is 14.4 Å². The largest absolute Gasteiger partial charge is 0.388 e. The third-order valence-electron chi connectivity index (χ3n) is 5.01. The van der Waals surface area contributed by atoms with Gasteiger partial charge >= 0.3 is 0 Å². The number of nitrogens with one attached hydrogen (secondary N) is 1. The highest BCUT2D eigenvalue weighted by Crippen LogP contribution is 2.27. The van der Waals surface area contributed by atoms with Gasteiger partial charge in [-0.3, -0.25) is 14.4 Å². The van der Waals surface area contributed by atoms with Crippen molar-refractivity contribution in [2.75, 3.05) is 20.7 Å². The van der Waals surface area contributed by atoms with Crippen molar-refractivity contribution in [2.45, 2.75) is 18.9 Å². The minimum Gasteiger partial charge on any atom is -0.388 e. The van der Waals surface area contributed by atoms with Gasteiger partial charge in [0, 0.05) is 31.1 Å². The van der Waals surface area contributed by atoms with Crippen molar-refractivity contribution in [3.8, 4) is 23.0 Å². The Morgan fingerprint density at radius 1 is 1.07 bits per heavy atom. The van der Waals surface area contributed by atoms with Crippen LogP contribution in [0, 0.1) is 17.8 Å². The number of nitrogens with zero attached hydrogens (tertiary/aromatic N) is 1. The lowest BCUT2D eigenvalue weighted by Crippen LogP contribution is -2.52. The first-order chi connectivity index (χ1) is 14.4. The number of carbonyl (C=O) groups excluding carboxylic acids is 3. The molecule has 0 radical (unpaired) electrons. The number of ketones is 1. The van der Waals surface area contributed by atoms with Crippen molar-refractivity contribution in [1.82, 2.24) is 10.2 Å². The minimum absolute atomic E-state index is 0.341. The summed E-state index contributed by atoms with van der Waals surface area (Å²) in [7, 11) is 2.74. The van der Waals surface area contributed by atoms with Crippen LogP contribution < -0.4 is 5.32 Å². The molecular formula is C24H24N2O4. The number of Topliss-reactive ketones (excluding diaryl/α,β-unsaturated/α-hetero) is 1. The van der Waals surface area contributed by atoms with Crippen LogP contribution in [0.1, 0.15) is 28.8 Å². The molecule has 3 rings (SSSR count). The van der Waals surface area contributed by atoms with Gasteiger partial charge < -0.3 is 15.3 Å². The summed E-state index contributed by atoms with van der Waals surface area (Å²) in [6.45, 7) is -0.824. The smallest absolute Gasteiger partial charge is 0.254 e. The first-order valence-electron chi connectivity index (χ1n) is 9.79. The van der Waals surface area contributed by atoms with E-state index in [2.05, 4.69) is 17.2 Å². The van der Waals surface area contributed by atoms with E-state index in [4.69, 9.17) is 5.11 Å². The van der Waals surface area contributed by atoms with E-state index in [0.29, 0.717) is 11.5 Å². The van der Waals surface area contributed by atoms with Gasteiger partial charge in [0.2, 0.25) is 5.91 Å². The molecule has 1 aliphatic rings. The van der Waals surface area contributed by atoms with Crippen LogP contribution >= 0.6 is 0 Å². The minimum atomic E-state index is -1.38. The van der Waals surface area contributed by atoms with E-state index >= 15 is 0 Å². The third kappa shape index (κ3) is 4.94. The van der Waals surface area contributed by atoms with Crippen LogP contribution in [0.3, 0.4) is 0 Å². The topological polar surface area (TPSA) is 86.7 Å². The molecule has 0 aromatic heterocycles. The quantitative estimate of drug-likeness (QED) is 0.568. The van der Waals surface area contributed by atoms with E-state index in [0.717, 1.165) is 21.6 Å². The van der Waals surface area contributed by atoms with Gasteiger partial charge in [0.25, 0.3) is 5.91 Å². The zero-order valence-electron chi connectivity index (χ0n) is 17.0. The monoisotopic (exact) mass is 404 g/mol. The van der Waals surface area contributed by atoms with Gasteiger partial charge in [-0.05, 0) is 48.2 Å². The fourth-order valence-corrected chi connectivity index (χ4v) is 3.05. The molecule has 0 spiro atoms. The second-order valence-electron chi connectivity index (χ2n) is 7.26. The molecule has 30 heavy (non-hydrogen) atoms. The fraction of sp³-hybridized carbons (Fsp3) is 0.292. The summed E-state index contributed by atoms with van der Waals surface area (Å²) >= 11 is 0. The Kier molecular flexibility index (Phi) is 6.65. The number of hydrogen-bond donors (Lipinski definition) is 2. The number of benzene rings is 2. The number of aliphatic hydroxyl groups excluding tert-OH is 1. The Morgan fingerprint density at radius 2 is 1.63 bits per heavy atom. The van der Waals surface area contributed by atoms with Gasteiger partial charge in [0.05, 0.1) is 0 Å². The number of aliphatic hydroxyl groups is 1. The number of amides is 2. The molecule has 1 unspecified atom stereocenters. The van der Waals surface area contributed by atoms with Crippen molar-refractivity contribution < 1.29 is 19.5 Å². The van der Waals surface area contributed by atoms with Crippen LogP contribution in [0.4, 0.5) is 0 Å². The molecule has 1 aliphatic carbocycles. The SMILES string of the molecule is CNC(=O)C(C(=O)CO)N(C)C(=O)c1ccc(-c2ccc(C#CC3CC3)cc2)cc1. The summed E-state index contributed by atoms with van der Waals surface area (Å²) in [5.74, 6) is 5.10. The standard InChI is InChI=1S/C24H24N2O4/c1-25-23(29)22(21(28)15-27)26(2)24(30)20-13-11-19(12-14-20)18-9-7-17(8-10-18)6-5-16-3-4-16/h7-14,16,22,27H,3-4,15H2,1-2H3,(H,25,29). The summed E-state index contributed by atoms with van der Waals surface area (Å²) in [6.07, 6.45) is 2.40. The molecule has 154 valence electrons. The van der Waals surface area contributed by atoms with Crippen molar-refractivity contribution in [3.63, 3.8) is 0 Å². The number of carbonyl (C=O) groups is 3. The summed E-state index contributed by atoms with van der Waals surface area (Å²) in [5.41, 5.74) is 3.25. The first-order valence-corrected chi connectivity index (χ1v) is 9.79. The van der Waals surface area contributed by atoms with Crippen LogP contribution in [0.2, 0.25) is 0 Å². The van der Waals surface area contributed by atoms with Gasteiger partial charge in [-0.2, -0.15) is 0 Å². The molecule has 2 amide bonds. The first kappa shape index (κ1) is 21.3. The molecule has 0 aliphatic heterocycles. The predicted molar refractivity (Wildman–Crippen MR) is 114 cm³/mol. The second-order valence-corrected chi connectivity index (χ2v) is 7.26. The molecule has 0 bridgehead atoms. The zero-order chi connectivity index (χ0) is 21.7. The molecular weight excluding hydrogens is 380 g/mol. The van der Waals surface area contributed by atoms with E-state index in [1.54, 1.807) is 12.1 Å². The van der Waals surface area contributed by atoms with Crippen molar-refractivity contribution in [1.29, 1.82) is 0 Å². The van der Waals surface area contributed by atoms with Crippen molar-refractivity contribution in [2.24, 2.45) is 5.92 Å². The average Bonchev–Trinajstić information content (AvgIpc) is 3.62. The maximum Gasteiger partial charge on any atom is 0.254 e. The number of rotatable bonds is 6. The van der Waals surface area contributed by atoms with Crippen molar-refractivity contribution in [3.05, 3.63) is 59.7 Å². The molecule has 2 aromatic carbocycles. The van der Waals surface area contributed by atoms with E-state index in [1.165, 1.54) is 26.9 Å². The van der Waals surface area contributed by atoms with Gasteiger partial charge in [-0.25, -0.2) is 0 Å². The molecule has 0 saturated heterocycles. The van der Waals surface area contributed by atoms with Crippen LogP contribution in [-0.2, 0) is 9.59 Å². The Morgan fingerprint density at radius 3 is 2.13 bits per heavy atom. The molecule has 1 saturated carbocycles. The van der Waals surface area contributed by atoms with Gasteiger partial charge in [-0.1, -0.05) is 36.1 Å². The van der Waals surface area contributed by atoms with Gasteiger partial charge in [0.15, 0.2) is 11.8 Å². The molecule has 2 N–H and O–H groups in total. The summed E-state index contributed by atoms with van der Waals surface area (Å²) in [4.78, 5) is 37.7. The highest BCUT2D eigenvalue weighted by molar-refractivity contribution is 6.10. The molecule has 1 fully saturated rings. The van der Waals surface area contributed by atoms with Gasteiger partial charge in [0.1, 0.15) is 6.61 Å². The van der Waals surface area contributed by atoms with E-state index in [-0.39, 0.29) is 0 Å². The predicted octanol–water partition coefficient (Wildman–Crippen LogP) is 1.86. The molecule has 6 nitrogen and oxygen atoms in total. The third-order valence-corrected chi connectivity index (χ3v) is 5.01. The highest BCUT2D eigenvalue weighted by Gasteiger charge is 2.32. The maximum absolute atomic E-state index is 12.7. The van der Waals surface area contributed by atoms with Crippen LogP contribution in [0.5, 0.6) is 0 Å². The molecule has 0 heterocycles. The molecule has 6 heteroatoms. The molecule has 2 aromatic rings. The van der Waals surface area contributed by atoms with Crippen LogP contribution in [-0.4, -0.2) is 54.3 Å². The second kappa shape index (κ2) is 9.38. The zero-order valence-corrected chi connectivity index (χ0v) is 17.0. The highest BCUT2D eigenvalue weighted by atomic mass is 16.3. The van der Waals surface area contributed by atoms with Gasteiger partial charge in [-0.15, -0.1) is 0 Å². The summed E-state index contributed by atoms with van der Waals surface area (Å²) < 4.78 is 0. The van der Waals surface area contributed by atoms with Crippen LogP contribution in [0.15, 0.2) is 48.5 Å². The Labute approximate surface area is 175 Å². The van der Waals surface area contributed by atoms with E-state index in [1.807, 2.05) is 36.4 Å². The fourth-order valence-electron chi connectivity index (χ4n) is 3.05. The van der Waals surface area contributed by atoms with E-state index < -0.39 is 30.2 Å². The summed E-state index contributed by atoms with van der Waals surface area (Å²) in [6, 6.07) is 13.5. The normalized spacial score (nSPS) is 13.6. The number of hydrogen-bond acceptors (Lipinski definition) is 4.